The van der Waals surface area contributed by atoms with Gasteiger partial charge in [0.15, 0.2) is 5.82 Å². The van der Waals surface area contributed by atoms with Crippen molar-refractivity contribution in [2.24, 2.45) is 0 Å². The van der Waals surface area contributed by atoms with Crippen molar-refractivity contribution in [2.45, 2.75) is 37.6 Å². The first-order chi connectivity index (χ1) is 10.4. The number of ether oxygens (including phenoxy) is 1. The summed E-state index contributed by atoms with van der Waals surface area (Å²) in [5.41, 5.74) is 1.22. The normalized spacial score (nSPS) is 20.9. The molecule has 1 aromatic heterocycles. The molecule has 1 saturated carbocycles. The third kappa shape index (κ3) is 2.93. The maximum Gasteiger partial charge on any atom is 0.227 e. The summed E-state index contributed by atoms with van der Waals surface area (Å²) >= 11 is 0. The summed E-state index contributed by atoms with van der Waals surface area (Å²) in [5, 5.41) is 7.59. The van der Waals surface area contributed by atoms with E-state index in [0.29, 0.717) is 6.61 Å². The van der Waals surface area contributed by atoms with Crippen LogP contribution in [0.2, 0.25) is 0 Å². The zero-order valence-corrected chi connectivity index (χ0v) is 11.9. The third-order valence-corrected chi connectivity index (χ3v) is 4.08. The van der Waals surface area contributed by atoms with Crippen LogP contribution in [0.4, 0.5) is 0 Å². The molecule has 21 heavy (non-hydrogen) atoms. The molecule has 1 unspecified atom stereocenters. The Balaban J connectivity index is 1.39. The number of fused-ring (bicyclic) bond motifs is 1. The lowest BCUT2D eigenvalue weighted by atomic mass is 9.96. The monoisotopic (exact) mass is 285 g/mol. The van der Waals surface area contributed by atoms with Crippen LogP contribution in [0, 0.1) is 0 Å². The van der Waals surface area contributed by atoms with E-state index < -0.39 is 0 Å². The molecule has 110 valence electrons. The van der Waals surface area contributed by atoms with Crippen molar-refractivity contribution in [1.29, 1.82) is 0 Å². The summed E-state index contributed by atoms with van der Waals surface area (Å²) in [6, 6.07) is 8.86. The SMILES string of the molecule is c1ccc2c(c1)CC(c1noc(CCNC3CC3)n1)CO2. The molecule has 0 spiro atoms. The lowest BCUT2D eigenvalue weighted by Crippen LogP contribution is -2.20. The van der Waals surface area contributed by atoms with E-state index in [1.807, 2.05) is 18.2 Å². The first-order valence-electron chi connectivity index (χ1n) is 7.65. The van der Waals surface area contributed by atoms with Crippen molar-refractivity contribution in [3.8, 4) is 5.75 Å². The fourth-order valence-corrected chi connectivity index (χ4v) is 2.70. The predicted octanol–water partition coefficient (Wildman–Crippen LogP) is 2.08. The van der Waals surface area contributed by atoms with Gasteiger partial charge in [-0.2, -0.15) is 4.98 Å². The quantitative estimate of drug-likeness (QED) is 0.911. The predicted molar refractivity (Wildman–Crippen MR) is 77.4 cm³/mol. The highest BCUT2D eigenvalue weighted by Gasteiger charge is 2.25. The zero-order chi connectivity index (χ0) is 14.1. The minimum absolute atomic E-state index is 0.189. The van der Waals surface area contributed by atoms with Crippen molar-refractivity contribution in [1.82, 2.24) is 15.5 Å². The summed E-state index contributed by atoms with van der Waals surface area (Å²) < 4.78 is 11.1. The molecule has 1 atom stereocenters. The number of nitrogens with one attached hydrogen (secondary N) is 1. The van der Waals surface area contributed by atoms with Gasteiger partial charge < -0.3 is 14.6 Å². The second-order valence-corrected chi connectivity index (χ2v) is 5.84. The largest absolute Gasteiger partial charge is 0.493 e. The lowest BCUT2D eigenvalue weighted by Gasteiger charge is -2.22. The van der Waals surface area contributed by atoms with Crippen LogP contribution in [0.5, 0.6) is 5.75 Å². The number of aromatic nitrogens is 2. The Morgan fingerprint density at radius 3 is 3.05 bits per heavy atom. The maximum absolute atomic E-state index is 5.79. The molecule has 1 aliphatic carbocycles. The van der Waals surface area contributed by atoms with Gasteiger partial charge in [-0.05, 0) is 30.9 Å². The Bertz CT molecular complexity index is 621. The number of benzene rings is 1. The van der Waals surface area contributed by atoms with Gasteiger partial charge in [0.25, 0.3) is 0 Å². The van der Waals surface area contributed by atoms with Crippen LogP contribution < -0.4 is 10.1 Å². The van der Waals surface area contributed by atoms with Gasteiger partial charge in [0.05, 0.1) is 12.5 Å². The molecule has 5 heteroatoms. The molecule has 0 amide bonds. The average molecular weight is 285 g/mol. The van der Waals surface area contributed by atoms with Crippen molar-refractivity contribution in [2.75, 3.05) is 13.2 Å². The molecule has 2 aliphatic rings. The molecular formula is C16H19N3O2. The van der Waals surface area contributed by atoms with E-state index in [9.17, 15) is 0 Å². The van der Waals surface area contributed by atoms with Gasteiger partial charge in [-0.1, -0.05) is 23.4 Å². The Labute approximate surface area is 123 Å². The first-order valence-corrected chi connectivity index (χ1v) is 7.65. The number of nitrogens with zero attached hydrogens (tertiary/aromatic N) is 2. The number of para-hydroxylation sites is 1. The molecule has 4 rings (SSSR count). The molecule has 0 radical (unpaired) electrons. The van der Waals surface area contributed by atoms with Gasteiger partial charge in [-0.3, -0.25) is 0 Å². The Kier molecular flexibility index (Phi) is 3.35. The van der Waals surface area contributed by atoms with E-state index in [2.05, 4.69) is 21.5 Å². The van der Waals surface area contributed by atoms with Crippen LogP contribution in [0.25, 0.3) is 0 Å². The van der Waals surface area contributed by atoms with Gasteiger partial charge >= 0.3 is 0 Å². The van der Waals surface area contributed by atoms with E-state index in [-0.39, 0.29) is 5.92 Å². The highest BCUT2D eigenvalue weighted by molar-refractivity contribution is 5.36. The van der Waals surface area contributed by atoms with Crippen LogP contribution in [-0.2, 0) is 12.8 Å². The van der Waals surface area contributed by atoms with E-state index in [0.717, 1.165) is 42.9 Å². The molecule has 0 saturated heterocycles. The number of hydrogen-bond acceptors (Lipinski definition) is 5. The van der Waals surface area contributed by atoms with Crippen molar-refractivity contribution in [3.63, 3.8) is 0 Å². The molecule has 1 aliphatic heterocycles. The molecule has 2 heterocycles. The second kappa shape index (κ2) is 5.48. The summed E-state index contributed by atoms with van der Waals surface area (Å²) in [6.07, 6.45) is 4.31. The summed E-state index contributed by atoms with van der Waals surface area (Å²) in [7, 11) is 0. The summed E-state index contributed by atoms with van der Waals surface area (Å²) in [6.45, 7) is 1.53. The average Bonchev–Trinajstić information content (AvgIpc) is 3.23. The van der Waals surface area contributed by atoms with Crippen LogP contribution >= 0.6 is 0 Å². The number of rotatable bonds is 5. The minimum atomic E-state index is 0.189. The Morgan fingerprint density at radius 1 is 1.24 bits per heavy atom. The van der Waals surface area contributed by atoms with E-state index in [1.165, 1.54) is 18.4 Å². The van der Waals surface area contributed by atoms with Gasteiger partial charge in [-0.25, -0.2) is 0 Å². The maximum atomic E-state index is 5.79. The van der Waals surface area contributed by atoms with E-state index >= 15 is 0 Å². The van der Waals surface area contributed by atoms with Crippen molar-refractivity contribution >= 4 is 0 Å². The summed E-state index contributed by atoms with van der Waals surface area (Å²) in [4.78, 5) is 4.53. The number of hydrogen-bond donors (Lipinski definition) is 1. The van der Waals surface area contributed by atoms with E-state index in [4.69, 9.17) is 9.26 Å². The highest BCUT2D eigenvalue weighted by Crippen LogP contribution is 2.30. The molecule has 2 aromatic rings. The van der Waals surface area contributed by atoms with Crippen LogP contribution in [-0.4, -0.2) is 29.3 Å². The standard InChI is InChI=1S/C16H19N3O2/c1-2-4-14-11(3-1)9-12(10-20-14)16-18-15(21-19-16)7-8-17-13-5-6-13/h1-4,12-13,17H,5-10H2. The topological polar surface area (TPSA) is 60.2 Å². The third-order valence-electron chi connectivity index (χ3n) is 4.08. The van der Waals surface area contributed by atoms with Crippen molar-refractivity contribution < 1.29 is 9.26 Å². The molecule has 1 aromatic carbocycles. The van der Waals surface area contributed by atoms with Crippen LogP contribution in [0.3, 0.4) is 0 Å². The van der Waals surface area contributed by atoms with Crippen LogP contribution in [0.1, 0.15) is 36.0 Å². The molecule has 1 N–H and O–H groups in total. The van der Waals surface area contributed by atoms with Gasteiger partial charge in [-0.15, -0.1) is 0 Å². The Hall–Kier alpha value is -1.88. The van der Waals surface area contributed by atoms with E-state index in [1.54, 1.807) is 0 Å². The highest BCUT2D eigenvalue weighted by atomic mass is 16.5. The molecule has 5 nitrogen and oxygen atoms in total. The lowest BCUT2D eigenvalue weighted by molar-refractivity contribution is 0.253. The molecular weight excluding hydrogens is 266 g/mol. The Morgan fingerprint density at radius 2 is 2.14 bits per heavy atom. The fraction of sp³-hybridized carbons (Fsp3) is 0.500. The smallest absolute Gasteiger partial charge is 0.227 e. The second-order valence-electron chi connectivity index (χ2n) is 5.84. The first kappa shape index (κ1) is 12.8. The summed E-state index contributed by atoms with van der Waals surface area (Å²) in [5.74, 6) is 2.66. The fourth-order valence-electron chi connectivity index (χ4n) is 2.70. The van der Waals surface area contributed by atoms with Gasteiger partial charge in [0.2, 0.25) is 5.89 Å². The van der Waals surface area contributed by atoms with Crippen molar-refractivity contribution in [3.05, 3.63) is 41.5 Å². The van der Waals surface area contributed by atoms with Gasteiger partial charge in [0, 0.05) is 19.0 Å². The molecule has 1 fully saturated rings. The zero-order valence-electron chi connectivity index (χ0n) is 11.9. The molecule has 0 bridgehead atoms. The van der Waals surface area contributed by atoms with Crippen LogP contribution in [0.15, 0.2) is 28.8 Å². The van der Waals surface area contributed by atoms with Gasteiger partial charge in [0.1, 0.15) is 5.75 Å². The minimum Gasteiger partial charge on any atom is -0.493 e.